The summed E-state index contributed by atoms with van der Waals surface area (Å²) in [6, 6.07) is 8.55. The van der Waals surface area contributed by atoms with Gasteiger partial charge in [0.1, 0.15) is 5.75 Å². The Morgan fingerprint density at radius 3 is 2.20 bits per heavy atom. The molecule has 0 aromatic heterocycles. The van der Waals surface area contributed by atoms with Crippen molar-refractivity contribution in [2.24, 2.45) is 5.73 Å². The van der Waals surface area contributed by atoms with E-state index in [2.05, 4.69) is 12.1 Å². The molecule has 0 aliphatic carbocycles. The van der Waals surface area contributed by atoms with Gasteiger partial charge >= 0.3 is 0 Å². The lowest BCUT2D eigenvalue weighted by atomic mass is 10.1. The van der Waals surface area contributed by atoms with Crippen LogP contribution in [0.1, 0.15) is 32.8 Å². The van der Waals surface area contributed by atoms with Crippen molar-refractivity contribution in [2.45, 2.75) is 45.8 Å². The van der Waals surface area contributed by atoms with Gasteiger partial charge in [-0.25, -0.2) is 0 Å². The fourth-order valence-electron chi connectivity index (χ4n) is 1.40. The number of hydrogen-bond acceptors (Lipinski definition) is 2. The summed E-state index contributed by atoms with van der Waals surface area (Å²) in [7, 11) is 0. The highest BCUT2D eigenvalue weighted by atomic mass is 16.5. The highest BCUT2D eigenvalue weighted by molar-refractivity contribution is 5.27. The van der Waals surface area contributed by atoms with Crippen molar-refractivity contribution in [2.75, 3.05) is 0 Å². The van der Waals surface area contributed by atoms with E-state index in [1.54, 1.807) is 0 Å². The lowest BCUT2D eigenvalue weighted by Gasteiger charge is -2.10. The Morgan fingerprint density at radius 2 is 1.73 bits per heavy atom. The van der Waals surface area contributed by atoms with E-state index in [4.69, 9.17) is 10.5 Å². The van der Waals surface area contributed by atoms with Gasteiger partial charge in [0.2, 0.25) is 0 Å². The molecule has 15 heavy (non-hydrogen) atoms. The summed E-state index contributed by atoms with van der Waals surface area (Å²) in [6.07, 6.45) is 2.31. The molecule has 0 saturated heterocycles. The number of nitrogens with two attached hydrogens (primary N) is 1. The summed E-state index contributed by atoms with van der Waals surface area (Å²) < 4.78 is 5.57. The van der Waals surface area contributed by atoms with Crippen LogP contribution in [0.2, 0.25) is 0 Å². The third-order valence-electron chi connectivity index (χ3n) is 2.18. The van der Waals surface area contributed by atoms with Gasteiger partial charge in [-0.05, 0) is 51.3 Å². The first-order valence-electron chi connectivity index (χ1n) is 5.59. The fourth-order valence-corrected chi connectivity index (χ4v) is 1.40. The molecule has 0 aliphatic heterocycles. The van der Waals surface area contributed by atoms with Crippen molar-refractivity contribution in [1.29, 1.82) is 0 Å². The van der Waals surface area contributed by atoms with Crippen molar-refractivity contribution in [3.8, 4) is 5.75 Å². The van der Waals surface area contributed by atoms with Gasteiger partial charge in [0, 0.05) is 6.04 Å². The minimum atomic E-state index is 0.236. The van der Waals surface area contributed by atoms with Crippen LogP contribution >= 0.6 is 0 Å². The van der Waals surface area contributed by atoms with Crippen LogP contribution in [0.4, 0.5) is 0 Å². The van der Waals surface area contributed by atoms with E-state index in [0.717, 1.165) is 18.6 Å². The molecule has 2 N–H and O–H groups in total. The molecule has 1 aromatic rings. The van der Waals surface area contributed by atoms with Crippen molar-refractivity contribution in [3.63, 3.8) is 0 Å². The molecule has 0 heterocycles. The van der Waals surface area contributed by atoms with E-state index in [9.17, 15) is 0 Å². The van der Waals surface area contributed by atoms with Crippen molar-refractivity contribution < 1.29 is 4.74 Å². The molecule has 0 amide bonds. The predicted octanol–water partition coefficient (Wildman–Crippen LogP) is 2.75. The molecule has 1 atom stereocenters. The second-order valence-corrected chi connectivity index (χ2v) is 4.33. The Morgan fingerprint density at radius 1 is 1.13 bits per heavy atom. The SMILES string of the molecule is CC(N)CCc1ccc(OC(C)C)cc1. The summed E-state index contributed by atoms with van der Waals surface area (Å²) in [5, 5.41) is 0. The van der Waals surface area contributed by atoms with E-state index in [1.165, 1.54) is 5.56 Å². The lowest BCUT2D eigenvalue weighted by molar-refractivity contribution is 0.242. The maximum Gasteiger partial charge on any atom is 0.119 e. The topological polar surface area (TPSA) is 35.2 Å². The smallest absolute Gasteiger partial charge is 0.119 e. The molecule has 1 aromatic carbocycles. The molecule has 2 nitrogen and oxygen atoms in total. The van der Waals surface area contributed by atoms with E-state index in [0.29, 0.717) is 0 Å². The third-order valence-corrected chi connectivity index (χ3v) is 2.18. The number of benzene rings is 1. The minimum Gasteiger partial charge on any atom is -0.491 e. The van der Waals surface area contributed by atoms with Crippen molar-refractivity contribution in [3.05, 3.63) is 29.8 Å². The van der Waals surface area contributed by atoms with Crippen LogP contribution in [-0.4, -0.2) is 12.1 Å². The van der Waals surface area contributed by atoms with Crippen LogP contribution in [0.15, 0.2) is 24.3 Å². The second-order valence-electron chi connectivity index (χ2n) is 4.33. The molecular formula is C13H21NO. The molecule has 1 unspecified atom stereocenters. The molecule has 0 bridgehead atoms. The Hall–Kier alpha value is -1.02. The van der Waals surface area contributed by atoms with E-state index in [1.807, 2.05) is 32.9 Å². The van der Waals surface area contributed by atoms with E-state index < -0.39 is 0 Å². The summed E-state index contributed by atoms with van der Waals surface area (Å²) in [5.74, 6) is 0.939. The zero-order valence-electron chi connectivity index (χ0n) is 9.86. The lowest BCUT2D eigenvalue weighted by Crippen LogP contribution is -2.15. The van der Waals surface area contributed by atoms with Gasteiger partial charge in [-0.1, -0.05) is 12.1 Å². The number of ether oxygens (including phenoxy) is 1. The molecular weight excluding hydrogens is 186 g/mol. The highest BCUT2D eigenvalue weighted by Crippen LogP contribution is 2.14. The van der Waals surface area contributed by atoms with Crippen LogP contribution in [0.3, 0.4) is 0 Å². The monoisotopic (exact) mass is 207 g/mol. The Kier molecular flexibility index (Phi) is 4.63. The van der Waals surface area contributed by atoms with Gasteiger partial charge in [0.05, 0.1) is 6.10 Å². The average molecular weight is 207 g/mol. The number of hydrogen-bond donors (Lipinski definition) is 1. The average Bonchev–Trinajstić information content (AvgIpc) is 2.16. The molecule has 0 spiro atoms. The fraction of sp³-hybridized carbons (Fsp3) is 0.538. The van der Waals surface area contributed by atoms with Crippen LogP contribution in [0.25, 0.3) is 0 Å². The summed E-state index contributed by atoms with van der Waals surface area (Å²) in [5.41, 5.74) is 7.03. The largest absolute Gasteiger partial charge is 0.491 e. The molecule has 0 fully saturated rings. The van der Waals surface area contributed by atoms with Crippen LogP contribution in [0.5, 0.6) is 5.75 Å². The Balaban J connectivity index is 2.49. The molecule has 0 saturated carbocycles. The quantitative estimate of drug-likeness (QED) is 0.805. The molecule has 0 radical (unpaired) electrons. The first kappa shape index (κ1) is 12.1. The normalized spacial score (nSPS) is 12.9. The zero-order chi connectivity index (χ0) is 11.3. The van der Waals surface area contributed by atoms with E-state index in [-0.39, 0.29) is 12.1 Å². The second kappa shape index (κ2) is 5.76. The van der Waals surface area contributed by atoms with Gasteiger partial charge in [-0.2, -0.15) is 0 Å². The van der Waals surface area contributed by atoms with Crippen LogP contribution < -0.4 is 10.5 Å². The molecule has 0 aliphatic rings. The van der Waals surface area contributed by atoms with Gasteiger partial charge in [-0.15, -0.1) is 0 Å². The zero-order valence-corrected chi connectivity index (χ0v) is 9.86. The summed E-state index contributed by atoms with van der Waals surface area (Å²) in [6.45, 7) is 6.10. The van der Waals surface area contributed by atoms with Gasteiger partial charge in [0.25, 0.3) is 0 Å². The van der Waals surface area contributed by atoms with Crippen LogP contribution in [-0.2, 0) is 6.42 Å². The van der Waals surface area contributed by atoms with Gasteiger partial charge < -0.3 is 10.5 Å². The first-order valence-corrected chi connectivity index (χ1v) is 5.59. The third kappa shape index (κ3) is 4.84. The van der Waals surface area contributed by atoms with Crippen molar-refractivity contribution in [1.82, 2.24) is 0 Å². The number of rotatable bonds is 5. The standard InChI is InChI=1S/C13H21NO/c1-10(2)15-13-8-6-12(7-9-13)5-4-11(3)14/h6-11H,4-5,14H2,1-3H3. The summed E-state index contributed by atoms with van der Waals surface area (Å²) in [4.78, 5) is 0. The number of aryl methyl sites for hydroxylation is 1. The Labute approximate surface area is 92.4 Å². The minimum absolute atomic E-state index is 0.236. The van der Waals surface area contributed by atoms with Crippen molar-refractivity contribution >= 4 is 0 Å². The highest BCUT2D eigenvalue weighted by Gasteiger charge is 1.99. The van der Waals surface area contributed by atoms with Crippen LogP contribution in [0, 0.1) is 0 Å². The molecule has 1 rings (SSSR count). The predicted molar refractivity (Wildman–Crippen MR) is 64.2 cm³/mol. The first-order chi connectivity index (χ1) is 7.08. The maximum absolute atomic E-state index is 5.71. The van der Waals surface area contributed by atoms with E-state index >= 15 is 0 Å². The molecule has 2 heteroatoms. The van der Waals surface area contributed by atoms with Gasteiger partial charge in [-0.3, -0.25) is 0 Å². The summed E-state index contributed by atoms with van der Waals surface area (Å²) >= 11 is 0. The maximum atomic E-state index is 5.71. The van der Waals surface area contributed by atoms with Gasteiger partial charge in [0.15, 0.2) is 0 Å². The Bertz CT molecular complexity index is 277. The molecule has 84 valence electrons.